The lowest BCUT2D eigenvalue weighted by Gasteiger charge is -2.42. The summed E-state index contributed by atoms with van der Waals surface area (Å²) in [6.07, 6.45) is 3.24. The van der Waals surface area contributed by atoms with Crippen LogP contribution in [0.3, 0.4) is 0 Å². The van der Waals surface area contributed by atoms with Gasteiger partial charge in [0.05, 0.1) is 17.3 Å². The maximum absolute atomic E-state index is 12.8. The van der Waals surface area contributed by atoms with Crippen molar-refractivity contribution in [1.29, 1.82) is 0 Å². The van der Waals surface area contributed by atoms with Crippen LogP contribution in [0.25, 0.3) is 0 Å². The van der Waals surface area contributed by atoms with Crippen molar-refractivity contribution in [3.8, 4) is 0 Å². The zero-order valence-corrected chi connectivity index (χ0v) is 16.8. The monoisotopic (exact) mass is 359 g/mol. The standard InChI is InChI=1S/C20H29N3OS/c1-6-23(16-10-8-7-9-15(16)22(4)5)19-21-18(24)14-13-20(2,3)12-11-17(14)25-19/h7-10,14,17H,6,11-13H2,1-5H3. The quantitative estimate of drug-likeness (QED) is 0.801. The predicted octanol–water partition coefficient (Wildman–Crippen LogP) is 4.40. The molecule has 0 saturated heterocycles. The third-order valence-electron chi connectivity index (χ3n) is 5.31. The second-order valence-electron chi connectivity index (χ2n) is 8.03. The number of rotatable bonds is 3. The highest BCUT2D eigenvalue weighted by Gasteiger charge is 2.43. The summed E-state index contributed by atoms with van der Waals surface area (Å²) >= 11 is 1.80. The Hall–Kier alpha value is -1.49. The molecule has 1 fully saturated rings. The Balaban J connectivity index is 1.92. The number of nitrogens with zero attached hydrogens (tertiary/aromatic N) is 3. The van der Waals surface area contributed by atoms with Crippen molar-refractivity contribution in [3.63, 3.8) is 0 Å². The third-order valence-corrected chi connectivity index (χ3v) is 6.70. The van der Waals surface area contributed by atoms with Crippen LogP contribution in [-0.2, 0) is 4.79 Å². The van der Waals surface area contributed by atoms with Gasteiger partial charge in [-0.15, -0.1) is 0 Å². The van der Waals surface area contributed by atoms with E-state index in [2.05, 4.69) is 47.7 Å². The fourth-order valence-corrected chi connectivity index (χ4v) is 5.27. The van der Waals surface area contributed by atoms with E-state index in [1.54, 1.807) is 11.8 Å². The number of thioether (sulfide) groups is 1. The second kappa shape index (κ2) is 7.02. The lowest BCUT2D eigenvalue weighted by Crippen LogP contribution is -2.43. The molecular weight excluding hydrogens is 330 g/mol. The summed E-state index contributed by atoms with van der Waals surface area (Å²) in [5.74, 6) is 0.160. The number of amides is 1. The van der Waals surface area contributed by atoms with Crippen LogP contribution in [0.15, 0.2) is 29.3 Å². The molecule has 0 aromatic heterocycles. The second-order valence-corrected chi connectivity index (χ2v) is 9.24. The van der Waals surface area contributed by atoms with E-state index in [1.165, 1.54) is 6.42 Å². The zero-order chi connectivity index (χ0) is 18.2. The summed E-state index contributed by atoms with van der Waals surface area (Å²) in [6, 6.07) is 8.32. The average molecular weight is 360 g/mol. The van der Waals surface area contributed by atoms with Crippen LogP contribution in [0.5, 0.6) is 0 Å². The smallest absolute Gasteiger partial charge is 0.252 e. The molecule has 0 spiro atoms. The fraction of sp³-hybridized carbons (Fsp3) is 0.600. The van der Waals surface area contributed by atoms with Gasteiger partial charge in [0.25, 0.3) is 5.91 Å². The van der Waals surface area contributed by atoms with Crippen LogP contribution in [0.1, 0.15) is 40.0 Å². The van der Waals surface area contributed by atoms with Crippen molar-refractivity contribution in [1.82, 2.24) is 0 Å². The van der Waals surface area contributed by atoms with Gasteiger partial charge in [0.1, 0.15) is 0 Å². The molecule has 1 aromatic rings. The molecule has 1 aromatic carbocycles. The Bertz CT molecular complexity index is 683. The van der Waals surface area contributed by atoms with Crippen LogP contribution in [0.4, 0.5) is 11.4 Å². The molecule has 2 aliphatic rings. The van der Waals surface area contributed by atoms with Crippen LogP contribution in [0.2, 0.25) is 0 Å². The third kappa shape index (κ3) is 3.71. The molecule has 2 atom stereocenters. The number of aliphatic imine (C=N–C) groups is 1. The van der Waals surface area contributed by atoms with Gasteiger partial charge in [-0.25, -0.2) is 0 Å². The maximum atomic E-state index is 12.8. The highest BCUT2D eigenvalue weighted by atomic mass is 32.2. The van der Waals surface area contributed by atoms with Crippen LogP contribution < -0.4 is 9.80 Å². The molecule has 136 valence electrons. The van der Waals surface area contributed by atoms with E-state index in [4.69, 9.17) is 0 Å². The van der Waals surface area contributed by atoms with E-state index in [0.717, 1.165) is 35.9 Å². The molecule has 3 rings (SSSR count). The number of hydrogen-bond donors (Lipinski definition) is 0. The average Bonchev–Trinajstić information content (AvgIpc) is 2.56. The van der Waals surface area contributed by atoms with E-state index in [1.807, 2.05) is 26.2 Å². The molecule has 1 aliphatic carbocycles. The number of fused-ring (bicyclic) bond motifs is 1. The molecule has 1 heterocycles. The normalized spacial score (nSPS) is 25.2. The van der Waals surface area contributed by atoms with Gasteiger partial charge in [-0.1, -0.05) is 37.7 Å². The predicted molar refractivity (Wildman–Crippen MR) is 109 cm³/mol. The molecule has 25 heavy (non-hydrogen) atoms. The first kappa shape index (κ1) is 18.3. The first-order chi connectivity index (χ1) is 11.8. The van der Waals surface area contributed by atoms with Gasteiger partial charge < -0.3 is 9.80 Å². The number of para-hydroxylation sites is 2. The van der Waals surface area contributed by atoms with E-state index in [9.17, 15) is 4.79 Å². The highest BCUT2D eigenvalue weighted by Crippen LogP contribution is 2.46. The van der Waals surface area contributed by atoms with Gasteiger partial charge in [-0.05, 0) is 43.7 Å². The number of hydrogen-bond acceptors (Lipinski definition) is 4. The molecule has 2 unspecified atom stereocenters. The van der Waals surface area contributed by atoms with Gasteiger partial charge in [0, 0.05) is 25.9 Å². The van der Waals surface area contributed by atoms with Gasteiger partial charge >= 0.3 is 0 Å². The minimum Gasteiger partial charge on any atom is -0.376 e. The summed E-state index contributed by atoms with van der Waals surface area (Å²) in [4.78, 5) is 21.6. The molecule has 0 radical (unpaired) electrons. The van der Waals surface area contributed by atoms with Crippen LogP contribution in [0, 0.1) is 11.3 Å². The van der Waals surface area contributed by atoms with Crippen molar-refractivity contribution < 1.29 is 4.79 Å². The summed E-state index contributed by atoms with van der Waals surface area (Å²) in [6.45, 7) is 7.46. The van der Waals surface area contributed by atoms with Crippen molar-refractivity contribution >= 4 is 34.2 Å². The molecule has 1 aliphatic heterocycles. The Kier molecular flexibility index (Phi) is 5.14. The van der Waals surface area contributed by atoms with Crippen LogP contribution >= 0.6 is 11.8 Å². The molecule has 0 bridgehead atoms. The van der Waals surface area contributed by atoms with Gasteiger partial charge in [0.15, 0.2) is 5.17 Å². The zero-order valence-electron chi connectivity index (χ0n) is 16.0. The van der Waals surface area contributed by atoms with Gasteiger partial charge in [0.2, 0.25) is 0 Å². The van der Waals surface area contributed by atoms with E-state index in [0.29, 0.717) is 5.25 Å². The first-order valence-corrected chi connectivity index (χ1v) is 10.0. The number of benzene rings is 1. The van der Waals surface area contributed by atoms with Gasteiger partial charge in [-0.3, -0.25) is 4.79 Å². The molecule has 1 saturated carbocycles. The molecule has 5 heteroatoms. The lowest BCUT2D eigenvalue weighted by molar-refractivity contribution is -0.123. The largest absolute Gasteiger partial charge is 0.376 e. The Morgan fingerprint density at radius 2 is 1.92 bits per heavy atom. The number of carbonyl (C=O) groups is 1. The highest BCUT2D eigenvalue weighted by molar-refractivity contribution is 8.14. The molecule has 0 N–H and O–H groups in total. The van der Waals surface area contributed by atoms with Crippen LogP contribution in [-0.4, -0.2) is 37.0 Å². The first-order valence-electron chi connectivity index (χ1n) is 9.15. The van der Waals surface area contributed by atoms with Crippen molar-refractivity contribution in [2.24, 2.45) is 16.3 Å². The summed E-state index contributed by atoms with van der Waals surface area (Å²) in [5, 5.41) is 1.23. The number of carbonyl (C=O) groups excluding carboxylic acids is 1. The lowest BCUT2D eigenvalue weighted by atomic mass is 9.71. The van der Waals surface area contributed by atoms with Crippen molar-refractivity contribution in [3.05, 3.63) is 24.3 Å². The van der Waals surface area contributed by atoms with E-state index >= 15 is 0 Å². The Labute approximate surface area is 155 Å². The Morgan fingerprint density at radius 1 is 1.24 bits per heavy atom. The number of anilines is 2. The van der Waals surface area contributed by atoms with E-state index < -0.39 is 0 Å². The minimum absolute atomic E-state index is 0.0762. The summed E-state index contributed by atoms with van der Waals surface area (Å²) < 4.78 is 0. The van der Waals surface area contributed by atoms with Gasteiger partial charge in [-0.2, -0.15) is 4.99 Å². The topological polar surface area (TPSA) is 35.9 Å². The maximum Gasteiger partial charge on any atom is 0.252 e. The summed E-state index contributed by atoms with van der Waals surface area (Å²) in [7, 11) is 4.10. The Morgan fingerprint density at radius 3 is 2.56 bits per heavy atom. The minimum atomic E-state index is 0.0762. The van der Waals surface area contributed by atoms with Crippen molar-refractivity contribution in [2.75, 3.05) is 30.4 Å². The van der Waals surface area contributed by atoms with Crippen molar-refractivity contribution in [2.45, 2.75) is 45.3 Å². The molecule has 1 amide bonds. The molecular formula is C20H29N3OS. The SMILES string of the molecule is CCN(C1=NC(=O)C2CC(C)(C)CCC2S1)c1ccccc1N(C)C. The number of amidine groups is 1. The fourth-order valence-electron chi connectivity index (χ4n) is 3.89. The van der Waals surface area contributed by atoms with E-state index in [-0.39, 0.29) is 17.2 Å². The molecule has 4 nitrogen and oxygen atoms in total. The summed E-state index contributed by atoms with van der Waals surface area (Å²) in [5.41, 5.74) is 2.52.